The van der Waals surface area contributed by atoms with Crippen LogP contribution in [0.1, 0.15) is 24.2 Å². The number of furan rings is 1. The molecule has 0 bridgehead atoms. The molecule has 164 valence electrons. The molecule has 0 amide bonds. The standard InChI is InChI=1S/C19H23F3N4O3S/c20-19(21,22)15-3-5-17(23-13-15)25-11-9-24(10-12-25)14-16-4-6-18(29-16)30(27,28)26-7-1-2-8-26/h3-6,13H,1-2,7-12,14H2. The van der Waals surface area contributed by atoms with Crippen molar-refractivity contribution in [2.75, 3.05) is 44.2 Å². The van der Waals surface area contributed by atoms with Crippen molar-refractivity contribution < 1.29 is 26.0 Å². The average Bonchev–Trinajstić information content (AvgIpc) is 3.41. The molecule has 30 heavy (non-hydrogen) atoms. The van der Waals surface area contributed by atoms with Crippen molar-refractivity contribution in [3.63, 3.8) is 0 Å². The first-order valence-electron chi connectivity index (χ1n) is 9.83. The fraction of sp³-hybridized carbons (Fsp3) is 0.526. The predicted octanol–water partition coefficient (Wildman–Crippen LogP) is 2.80. The number of alkyl halides is 3. The number of hydrogen-bond acceptors (Lipinski definition) is 6. The van der Waals surface area contributed by atoms with E-state index in [9.17, 15) is 21.6 Å². The second kappa shape index (κ2) is 8.20. The molecule has 0 saturated carbocycles. The fourth-order valence-corrected chi connectivity index (χ4v) is 5.18. The third kappa shape index (κ3) is 4.47. The number of pyridine rings is 1. The van der Waals surface area contributed by atoms with Gasteiger partial charge in [0.1, 0.15) is 11.6 Å². The summed E-state index contributed by atoms with van der Waals surface area (Å²) in [7, 11) is -3.57. The van der Waals surface area contributed by atoms with E-state index in [1.807, 2.05) is 4.90 Å². The normalized spacial score (nSPS) is 19.5. The largest absolute Gasteiger partial charge is 0.447 e. The SMILES string of the molecule is O=S(=O)(c1ccc(CN2CCN(c3ccc(C(F)(F)F)cn3)CC2)o1)N1CCCC1. The zero-order chi connectivity index (χ0) is 21.4. The highest BCUT2D eigenvalue weighted by atomic mass is 32.2. The Labute approximate surface area is 173 Å². The quantitative estimate of drug-likeness (QED) is 0.707. The zero-order valence-electron chi connectivity index (χ0n) is 16.3. The first-order chi connectivity index (χ1) is 14.2. The van der Waals surface area contributed by atoms with Crippen molar-refractivity contribution in [3.8, 4) is 0 Å². The van der Waals surface area contributed by atoms with E-state index in [2.05, 4.69) is 9.88 Å². The molecular weight excluding hydrogens is 421 g/mol. The van der Waals surface area contributed by atoms with Gasteiger partial charge in [-0.05, 0) is 37.1 Å². The van der Waals surface area contributed by atoms with E-state index in [0.717, 1.165) is 25.1 Å². The number of aromatic nitrogens is 1. The molecule has 2 fully saturated rings. The Bertz CT molecular complexity index is 962. The third-order valence-corrected chi connectivity index (χ3v) is 7.22. The summed E-state index contributed by atoms with van der Waals surface area (Å²) in [6.45, 7) is 4.08. The highest BCUT2D eigenvalue weighted by Crippen LogP contribution is 2.29. The summed E-state index contributed by atoms with van der Waals surface area (Å²) in [4.78, 5) is 7.99. The van der Waals surface area contributed by atoms with Gasteiger partial charge < -0.3 is 9.32 Å². The Kier molecular flexibility index (Phi) is 5.78. The number of sulfonamides is 1. The van der Waals surface area contributed by atoms with Crippen molar-refractivity contribution in [2.24, 2.45) is 0 Å². The van der Waals surface area contributed by atoms with Crippen LogP contribution in [0, 0.1) is 0 Å². The molecule has 0 radical (unpaired) electrons. The van der Waals surface area contributed by atoms with Crippen LogP contribution in [0.3, 0.4) is 0 Å². The van der Waals surface area contributed by atoms with Crippen LogP contribution in [0.4, 0.5) is 19.0 Å². The van der Waals surface area contributed by atoms with Gasteiger partial charge in [0.05, 0.1) is 12.1 Å². The summed E-state index contributed by atoms with van der Waals surface area (Å²) in [6, 6.07) is 5.62. The van der Waals surface area contributed by atoms with Gasteiger partial charge in [-0.1, -0.05) is 0 Å². The topological polar surface area (TPSA) is 69.9 Å². The van der Waals surface area contributed by atoms with Gasteiger partial charge in [-0.25, -0.2) is 13.4 Å². The molecule has 2 aliphatic rings. The molecule has 2 saturated heterocycles. The molecule has 0 spiro atoms. The molecule has 0 aliphatic carbocycles. The van der Waals surface area contributed by atoms with Crippen LogP contribution >= 0.6 is 0 Å². The van der Waals surface area contributed by atoms with Crippen LogP contribution < -0.4 is 4.90 Å². The van der Waals surface area contributed by atoms with Gasteiger partial charge in [0.25, 0.3) is 10.0 Å². The first-order valence-corrected chi connectivity index (χ1v) is 11.3. The maximum Gasteiger partial charge on any atom is 0.417 e. The average molecular weight is 444 g/mol. The first kappa shape index (κ1) is 21.1. The smallest absolute Gasteiger partial charge is 0.417 e. The van der Waals surface area contributed by atoms with Crippen molar-refractivity contribution in [1.29, 1.82) is 0 Å². The lowest BCUT2D eigenvalue weighted by molar-refractivity contribution is -0.137. The molecule has 2 aliphatic heterocycles. The Morgan fingerprint density at radius 1 is 0.967 bits per heavy atom. The number of anilines is 1. The maximum atomic E-state index is 12.7. The van der Waals surface area contributed by atoms with Gasteiger partial charge in [0.2, 0.25) is 5.09 Å². The van der Waals surface area contributed by atoms with Gasteiger partial charge in [0.15, 0.2) is 0 Å². The van der Waals surface area contributed by atoms with Gasteiger partial charge in [-0.3, -0.25) is 4.90 Å². The minimum Gasteiger partial charge on any atom is -0.447 e. The summed E-state index contributed by atoms with van der Waals surface area (Å²) in [5.41, 5.74) is -0.762. The van der Waals surface area contributed by atoms with E-state index in [4.69, 9.17) is 4.42 Å². The highest BCUT2D eigenvalue weighted by Gasteiger charge is 2.32. The van der Waals surface area contributed by atoms with E-state index in [1.165, 1.54) is 16.4 Å². The van der Waals surface area contributed by atoms with Gasteiger partial charge >= 0.3 is 6.18 Å². The monoisotopic (exact) mass is 444 g/mol. The fourth-order valence-electron chi connectivity index (χ4n) is 3.73. The summed E-state index contributed by atoms with van der Waals surface area (Å²) >= 11 is 0. The Hall–Kier alpha value is -2.11. The highest BCUT2D eigenvalue weighted by molar-refractivity contribution is 7.89. The maximum absolute atomic E-state index is 12.7. The van der Waals surface area contributed by atoms with Crippen LogP contribution in [0.25, 0.3) is 0 Å². The van der Waals surface area contributed by atoms with Crippen molar-refractivity contribution in [2.45, 2.75) is 30.7 Å². The predicted molar refractivity (Wildman–Crippen MR) is 103 cm³/mol. The lowest BCUT2D eigenvalue weighted by Crippen LogP contribution is -2.46. The summed E-state index contributed by atoms with van der Waals surface area (Å²) in [5.74, 6) is 1.09. The van der Waals surface area contributed by atoms with Crippen LogP contribution in [0.15, 0.2) is 40.0 Å². The molecule has 0 atom stereocenters. The molecule has 7 nitrogen and oxygen atoms in total. The molecule has 0 N–H and O–H groups in total. The van der Waals surface area contributed by atoms with Gasteiger partial charge in [0, 0.05) is 45.5 Å². The minimum absolute atomic E-state index is 0.0213. The number of rotatable bonds is 5. The summed E-state index contributed by atoms with van der Waals surface area (Å²) in [5, 5.41) is -0.0213. The van der Waals surface area contributed by atoms with Crippen LogP contribution in [0.5, 0.6) is 0 Å². The Balaban J connectivity index is 1.33. The molecule has 0 aromatic carbocycles. The van der Waals surface area contributed by atoms with E-state index < -0.39 is 21.8 Å². The lowest BCUT2D eigenvalue weighted by Gasteiger charge is -2.35. The number of hydrogen-bond donors (Lipinski definition) is 0. The Morgan fingerprint density at radius 3 is 2.27 bits per heavy atom. The lowest BCUT2D eigenvalue weighted by atomic mass is 10.2. The zero-order valence-corrected chi connectivity index (χ0v) is 17.1. The van der Waals surface area contributed by atoms with Gasteiger partial charge in [-0.15, -0.1) is 0 Å². The molecular formula is C19H23F3N4O3S. The molecule has 0 unspecified atom stereocenters. The minimum atomic E-state index is -4.39. The van der Waals surface area contributed by atoms with E-state index >= 15 is 0 Å². The van der Waals surface area contributed by atoms with Crippen molar-refractivity contribution in [3.05, 3.63) is 41.8 Å². The van der Waals surface area contributed by atoms with E-state index in [1.54, 1.807) is 6.07 Å². The van der Waals surface area contributed by atoms with Crippen molar-refractivity contribution >= 4 is 15.8 Å². The molecule has 2 aromatic rings. The number of nitrogens with zero attached hydrogens (tertiary/aromatic N) is 4. The van der Waals surface area contributed by atoms with Crippen LogP contribution in [0.2, 0.25) is 0 Å². The molecule has 11 heteroatoms. The number of piperazine rings is 1. The van der Waals surface area contributed by atoms with Crippen molar-refractivity contribution in [1.82, 2.24) is 14.2 Å². The van der Waals surface area contributed by atoms with Gasteiger partial charge in [-0.2, -0.15) is 17.5 Å². The number of halogens is 3. The third-order valence-electron chi connectivity index (χ3n) is 5.45. The molecule has 4 rings (SSSR count). The second-order valence-corrected chi connectivity index (χ2v) is 9.37. The molecule has 4 heterocycles. The Morgan fingerprint density at radius 2 is 1.67 bits per heavy atom. The van der Waals surface area contributed by atoms with Crippen LogP contribution in [-0.4, -0.2) is 61.9 Å². The molecule has 2 aromatic heterocycles. The summed E-state index contributed by atoms with van der Waals surface area (Å²) in [6.07, 6.45) is -1.81. The second-order valence-electron chi connectivity index (χ2n) is 7.50. The van der Waals surface area contributed by atoms with E-state index in [0.29, 0.717) is 57.4 Å². The summed E-state index contributed by atoms with van der Waals surface area (Å²) < 4.78 is 70.2. The van der Waals surface area contributed by atoms with Crippen LogP contribution in [-0.2, 0) is 22.7 Å². The van der Waals surface area contributed by atoms with E-state index in [-0.39, 0.29) is 5.09 Å².